The zero-order chi connectivity index (χ0) is 16.6. The monoisotopic (exact) mass is 313 g/mol. The van der Waals surface area contributed by atoms with Crippen LogP contribution in [0.1, 0.15) is 35.2 Å². The van der Waals surface area contributed by atoms with E-state index in [2.05, 4.69) is 0 Å². The molecule has 0 bridgehead atoms. The molecule has 118 valence electrons. The summed E-state index contributed by atoms with van der Waals surface area (Å²) in [5.41, 5.74) is 1.11. The van der Waals surface area contributed by atoms with Gasteiger partial charge in [-0.25, -0.2) is 4.39 Å². The van der Waals surface area contributed by atoms with Gasteiger partial charge in [0.25, 0.3) is 5.91 Å². The molecule has 1 aliphatic rings. The van der Waals surface area contributed by atoms with Crippen LogP contribution >= 0.6 is 0 Å². The Morgan fingerprint density at radius 1 is 1.13 bits per heavy atom. The summed E-state index contributed by atoms with van der Waals surface area (Å²) >= 11 is 0. The summed E-state index contributed by atoms with van der Waals surface area (Å²) in [5, 5.41) is 9.43. The number of benzene rings is 2. The maximum Gasteiger partial charge on any atom is 0.311 e. The molecular formula is C18H16FNO3. The standard InChI is InChI=1S/C18H16FNO3/c1-11-10-14(18(22)23)12-6-3-5-9-16(12)20(11)17(21)13-7-2-4-8-15(13)19/h2-9,11,14H,10H2,1H3,(H,22,23). The average Bonchev–Trinajstić information content (AvgIpc) is 2.54. The predicted molar refractivity (Wildman–Crippen MR) is 84.1 cm³/mol. The van der Waals surface area contributed by atoms with E-state index in [0.29, 0.717) is 17.7 Å². The lowest BCUT2D eigenvalue weighted by Crippen LogP contribution is -2.44. The quantitative estimate of drug-likeness (QED) is 0.924. The summed E-state index contributed by atoms with van der Waals surface area (Å²) in [7, 11) is 0. The number of anilines is 1. The molecule has 0 saturated heterocycles. The maximum atomic E-state index is 14.0. The Hall–Kier alpha value is -2.69. The van der Waals surface area contributed by atoms with Crippen molar-refractivity contribution in [1.29, 1.82) is 0 Å². The Morgan fingerprint density at radius 2 is 1.78 bits per heavy atom. The Kier molecular flexibility index (Phi) is 3.86. The minimum Gasteiger partial charge on any atom is -0.481 e. The second-order valence-corrected chi connectivity index (χ2v) is 5.69. The number of nitrogens with zero attached hydrogens (tertiary/aromatic N) is 1. The van der Waals surface area contributed by atoms with Gasteiger partial charge in [0.15, 0.2) is 0 Å². The lowest BCUT2D eigenvalue weighted by atomic mass is 9.85. The van der Waals surface area contributed by atoms with Gasteiger partial charge in [-0.1, -0.05) is 30.3 Å². The molecule has 4 nitrogen and oxygen atoms in total. The first-order chi connectivity index (χ1) is 11.0. The van der Waals surface area contributed by atoms with E-state index in [1.54, 1.807) is 37.3 Å². The van der Waals surface area contributed by atoms with Gasteiger partial charge in [-0.3, -0.25) is 9.59 Å². The van der Waals surface area contributed by atoms with Gasteiger partial charge in [0.2, 0.25) is 0 Å². The molecule has 23 heavy (non-hydrogen) atoms. The highest BCUT2D eigenvalue weighted by atomic mass is 19.1. The van der Waals surface area contributed by atoms with Crippen LogP contribution in [-0.4, -0.2) is 23.0 Å². The van der Waals surface area contributed by atoms with E-state index >= 15 is 0 Å². The molecular weight excluding hydrogens is 297 g/mol. The third-order valence-electron chi connectivity index (χ3n) is 4.21. The van der Waals surface area contributed by atoms with Crippen LogP contribution in [0, 0.1) is 5.82 Å². The van der Waals surface area contributed by atoms with Gasteiger partial charge >= 0.3 is 5.97 Å². The van der Waals surface area contributed by atoms with Crippen molar-refractivity contribution in [3.63, 3.8) is 0 Å². The van der Waals surface area contributed by atoms with E-state index in [1.807, 2.05) is 0 Å². The third kappa shape index (κ3) is 2.59. The Morgan fingerprint density at radius 3 is 2.48 bits per heavy atom. The second kappa shape index (κ2) is 5.83. The normalized spacial score (nSPS) is 20.0. The van der Waals surface area contributed by atoms with Gasteiger partial charge in [0.05, 0.1) is 11.5 Å². The van der Waals surface area contributed by atoms with E-state index in [1.165, 1.54) is 23.1 Å². The van der Waals surface area contributed by atoms with Crippen molar-refractivity contribution >= 4 is 17.6 Å². The first kappa shape index (κ1) is 15.2. The fourth-order valence-corrected chi connectivity index (χ4v) is 3.12. The summed E-state index contributed by atoms with van der Waals surface area (Å²) in [6.07, 6.45) is 0.298. The molecule has 5 heteroatoms. The molecule has 1 heterocycles. The summed E-state index contributed by atoms with van der Waals surface area (Å²) in [6, 6.07) is 12.4. The lowest BCUT2D eigenvalue weighted by molar-refractivity contribution is -0.139. The number of hydrogen-bond acceptors (Lipinski definition) is 2. The maximum absolute atomic E-state index is 14.0. The smallest absolute Gasteiger partial charge is 0.311 e. The Labute approximate surface area is 133 Å². The van der Waals surface area contributed by atoms with Crippen LogP contribution in [0.25, 0.3) is 0 Å². The number of amides is 1. The Bertz CT molecular complexity index is 774. The molecule has 0 spiro atoms. The van der Waals surface area contributed by atoms with Gasteiger partial charge in [-0.15, -0.1) is 0 Å². The molecule has 1 aliphatic heterocycles. The molecule has 1 N–H and O–H groups in total. The largest absolute Gasteiger partial charge is 0.481 e. The molecule has 0 fully saturated rings. The SMILES string of the molecule is CC1CC(C(=O)O)c2ccccc2N1C(=O)c1ccccc1F. The highest BCUT2D eigenvalue weighted by molar-refractivity contribution is 6.08. The molecule has 0 aromatic heterocycles. The summed E-state index contributed by atoms with van der Waals surface area (Å²) in [5.74, 6) is -2.61. The van der Waals surface area contributed by atoms with Crippen molar-refractivity contribution in [3.8, 4) is 0 Å². The van der Waals surface area contributed by atoms with E-state index < -0.39 is 23.6 Å². The van der Waals surface area contributed by atoms with Crippen molar-refractivity contribution < 1.29 is 19.1 Å². The fraction of sp³-hybridized carbons (Fsp3) is 0.222. The van der Waals surface area contributed by atoms with Crippen LogP contribution in [0.3, 0.4) is 0 Å². The molecule has 2 aromatic rings. The molecule has 0 radical (unpaired) electrons. The van der Waals surface area contributed by atoms with Crippen LogP contribution in [0.2, 0.25) is 0 Å². The highest BCUT2D eigenvalue weighted by Crippen LogP contribution is 2.39. The fourth-order valence-electron chi connectivity index (χ4n) is 3.12. The van der Waals surface area contributed by atoms with Crippen LogP contribution in [0.4, 0.5) is 10.1 Å². The number of rotatable bonds is 2. The minimum atomic E-state index is -0.915. The number of carbonyl (C=O) groups excluding carboxylic acids is 1. The number of halogens is 1. The number of aliphatic carboxylic acids is 1. The van der Waals surface area contributed by atoms with Crippen molar-refractivity contribution in [3.05, 3.63) is 65.5 Å². The molecule has 2 atom stereocenters. The van der Waals surface area contributed by atoms with Crippen LogP contribution in [-0.2, 0) is 4.79 Å². The summed E-state index contributed by atoms with van der Waals surface area (Å²) in [6.45, 7) is 1.78. The van der Waals surface area contributed by atoms with Crippen molar-refractivity contribution in [2.45, 2.75) is 25.3 Å². The third-order valence-corrected chi connectivity index (χ3v) is 4.21. The van der Waals surface area contributed by atoms with Gasteiger partial charge in [-0.05, 0) is 37.1 Å². The van der Waals surface area contributed by atoms with E-state index in [0.717, 1.165) is 0 Å². The number of carboxylic acids is 1. The van der Waals surface area contributed by atoms with Gasteiger partial charge in [-0.2, -0.15) is 0 Å². The van der Waals surface area contributed by atoms with Crippen LogP contribution in [0.15, 0.2) is 48.5 Å². The van der Waals surface area contributed by atoms with E-state index in [9.17, 15) is 19.1 Å². The molecule has 0 aliphatic carbocycles. The van der Waals surface area contributed by atoms with Gasteiger partial charge < -0.3 is 10.0 Å². The predicted octanol–water partition coefficient (Wildman–Crippen LogP) is 3.43. The lowest BCUT2D eigenvalue weighted by Gasteiger charge is -2.38. The molecule has 1 amide bonds. The molecule has 3 rings (SSSR count). The van der Waals surface area contributed by atoms with Crippen LogP contribution < -0.4 is 4.90 Å². The first-order valence-electron chi connectivity index (χ1n) is 7.40. The average molecular weight is 313 g/mol. The van der Waals surface area contributed by atoms with Gasteiger partial charge in [0.1, 0.15) is 5.82 Å². The second-order valence-electron chi connectivity index (χ2n) is 5.69. The van der Waals surface area contributed by atoms with Gasteiger partial charge in [0, 0.05) is 11.7 Å². The Balaban J connectivity index is 2.09. The highest BCUT2D eigenvalue weighted by Gasteiger charge is 2.37. The van der Waals surface area contributed by atoms with Crippen LogP contribution in [0.5, 0.6) is 0 Å². The summed E-state index contributed by atoms with van der Waals surface area (Å²) in [4.78, 5) is 25.8. The molecule has 0 saturated carbocycles. The first-order valence-corrected chi connectivity index (χ1v) is 7.40. The number of carbonyl (C=O) groups is 2. The van der Waals surface area contributed by atoms with Crippen molar-refractivity contribution in [2.75, 3.05) is 4.90 Å². The number of carboxylic acid groups (broad SMARTS) is 1. The molecule has 2 aromatic carbocycles. The zero-order valence-corrected chi connectivity index (χ0v) is 12.6. The number of hydrogen-bond donors (Lipinski definition) is 1. The minimum absolute atomic E-state index is 0.0112. The number of para-hydroxylation sites is 1. The number of fused-ring (bicyclic) bond motifs is 1. The zero-order valence-electron chi connectivity index (χ0n) is 12.6. The summed E-state index contributed by atoms with van der Waals surface area (Å²) < 4.78 is 14.0. The van der Waals surface area contributed by atoms with Crippen molar-refractivity contribution in [2.24, 2.45) is 0 Å². The van der Waals surface area contributed by atoms with Crippen molar-refractivity contribution in [1.82, 2.24) is 0 Å². The topological polar surface area (TPSA) is 57.6 Å². The molecule has 2 unspecified atom stereocenters. The van der Waals surface area contributed by atoms with E-state index in [-0.39, 0.29) is 11.6 Å². The van der Waals surface area contributed by atoms with E-state index in [4.69, 9.17) is 0 Å².